The molecule has 19 nitrogen and oxygen atoms in total. The van der Waals surface area contributed by atoms with Crippen molar-refractivity contribution in [2.75, 3.05) is 13.1 Å². The number of aliphatic carboxylic acids is 2. The molecule has 0 aliphatic rings. The first-order valence-electron chi connectivity index (χ1n) is 16.2. The Bertz CT molecular complexity index is 1580. The normalized spacial score (nSPS) is 14.5. The fourth-order valence-corrected chi connectivity index (χ4v) is 4.85. The van der Waals surface area contributed by atoms with Gasteiger partial charge in [-0.15, -0.1) is 0 Å². The van der Waals surface area contributed by atoms with Crippen molar-refractivity contribution in [2.45, 2.75) is 89.2 Å². The lowest BCUT2D eigenvalue weighted by molar-refractivity contribution is -0.142. The number of nitrogens with one attached hydrogen (secondary N) is 7. The molecule has 19 heteroatoms. The van der Waals surface area contributed by atoms with E-state index in [9.17, 15) is 53.7 Å². The van der Waals surface area contributed by atoms with Gasteiger partial charge < -0.3 is 57.9 Å². The number of aliphatic hydroxyl groups is 1. The van der Waals surface area contributed by atoms with Gasteiger partial charge in [0.15, 0.2) is 0 Å². The summed E-state index contributed by atoms with van der Waals surface area (Å²) in [5.74, 6) is -8.09. The fraction of sp³-hybridized carbons (Fsp3) is 0.500. The number of fused-ring (bicyclic) bond motifs is 1. The number of carbonyl (C=O) groups is 8. The number of nitrogens with two attached hydrogens (primary N) is 1. The van der Waals surface area contributed by atoms with Crippen LogP contribution in [0.15, 0.2) is 30.5 Å². The van der Waals surface area contributed by atoms with E-state index in [1.807, 2.05) is 24.3 Å². The van der Waals surface area contributed by atoms with Crippen molar-refractivity contribution in [3.63, 3.8) is 0 Å². The first-order valence-corrected chi connectivity index (χ1v) is 16.2. The Kier molecular flexibility index (Phi) is 16.5. The van der Waals surface area contributed by atoms with Crippen LogP contribution in [0.25, 0.3) is 10.9 Å². The second-order valence-corrected chi connectivity index (χ2v) is 11.8. The van der Waals surface area contributed by atoms with E-state index < -0.39 is 96.7 Å². The molecule has 0 saturated carbocycles. The summed E-state index contributed by atoms with van der Waals surface area (Å²) in [4.78, 5) is 103. The highest BCUT2D eigenvalue weighted by Gasteiger charge is 2.33. The molecule has 1 aromatic carbocycles. The molecule has 6 atom stereocenters. The van der Waals surface area contributed by atoms with Crippen molar-refractivity contribution in [1.82, 2.24) is 36.9 Å². The average molecular weight is 719 g/mol. The van der Waals surface area contributed by atoms with Crippen LogP contribution in [0.1, 0.15) is 52.0 Å². The van der Waals surface area contributed by atoms with Gasteiger partial charge in [0.2, 0.25) is 35.4 Å². The van der Waals surface area contributed by atoms with E-state index in [2.05, 4.69) is 36.9 Å². The maximum Gasteiger partial charge on any atom is 0.326 e. The third-order valence-electron chi connectivity index (χ3n) is 7.65. The van der Waals surface area contributed by atoms with Crippen LogP contribution in [0.4, 0.5) is 0 Å². The van der Waals surface area contributed by atoms with E-state index in [1.165, 1.54) is 6.92 Å². The van der Waals surface area contributed by atoms with E-state index in [0.29, 0.717) is 6.42 Å². The van der Waals surface area contributed by atoms with E-state index in [0.717, 1.165) is 23.4 Å². The molecular formula is C32H46N8O11. The molecule has 0 aliphatic heterocycles. The Morgan fingerprint density at radius 3 is 2.06 bits per heavy atom. The summed E-state index contributed by atoms with van der Waals surface area (Å²) in [6, 6.07) is 0.116. The largest absolute Gasteiger partial charge is 0.481 e. The minimum Gasteiger partial charge on any atom is -0.481 e. The van der Waals surface area contributed by atoms with Crippen molar-refractivity contribution in [3.05, 3.63) is 36.0 Å². The van der Waals surface area contributed by atoms with Crippen molar-refractivity contribution >= 4 is 58.3 Å². The zero-order valence-corrected chi connectivity index (χ0v) is 28.5. The topological polar surface area (TPSA) is 311 Å². The predicted octanol–water partition coefficient (Wildman–Crippen LogP) is -2.64. The highest BCUT2D eigenvalue weighted by atomic mass is 16.4. The number of rotatable bonds is 21. The Labute approximate surface area is 292 Å². The minimum atomic E-state index is -1.78. The number of carbonyl (C=O) groups excluding carboxylic acids is 6. The van der Waals surface area contributed by atoms with Crippen LogP contribution in [0.3, 0.4) is 0 Å². The lowest BCUT2D eigenvalue weighted by Crippen LogP contribution is -2.60. The van der Waals surface area contributed by atoms with Crippen LogP contribution in [0.2, 0.25) is 0 Å². The van der Waals surface area contributed by atoms with Crippen LogP contribution < -0.4 is 37.6 Å². The van der Waals surface area contributed by atoms with E-state index in [4.69, 9.17) is 5.73 Å². The van der Waals surface area contributed by atoms with E-state index in [-0.39, 0.29) is 25.8 Å². The van der Waals surface area contributed by atoms with Gasteiger partial charge in [0, 0.05) is 29.9 Å². The Morgan fingerprint density at radius 1 is 0.804 bits per heavy atom. The molecule has 6 amide bonds. The van der Waals surface area contributed by atoms with E-state index in [1.54, 1.807) is 13.1 Å². The fourth-order valence-electron chi connectivity index (χ4n) is 4.85. The lowest BCUT2D eigenvalue weighted by atomic mass is 10.0. The van der Waals surface area contributed by atoms with Gasteiger partial charge in [0.05, 0.1) is 19.1 Å². The van der Waals surface area contributed by atoms with Crippen LogP contribution in [-0.2, 0) is 44.8 Å². The van der Waals surface area contributed by atoms with Gasteiger partial charge in [-0.2, -0.15) is 0 Å². The van der Waals surface area contributed by atoms with Gasteiger partial charge >= 0.3 is 11.9 Å². The van der Waals surface area contributed by atoms with Crippen molar-refractivity contribution < 1.29 is 53.7 Å². The maximum absolute atomic E-state index is 13.3. The average Bonchev–Trinajstić information content (AvgIpc) is 3.48. The summed E-state index contributed by atoms with van der Waals surface area (Å²) in [7, 11) is 0. The summed E-state index contributed by atoms with van der Waals surface area (Å²) in [5.41, 5.74) is 6.91. The zero-order chi connectivity index (χ0) is 38.2. The number of hydrogen-bond donors (Lipinski definition) is 11. The second-order valence-electron chi connectivity index (χ2n) is 11.8. The quantitative estimate of drug-likeness (QED) is 0.0631. The first kappa shape index (κ1) is 41.6. The molecule has 0 aliphatic carbocycles. The molecule has 0 spiro atoms. The van der Waals surface area contributed by atoms with Crippen molar-refractivity contribution in [2.24, 2.45) is 5.73 Å². The summed E-state index contributed by atoms with van der Waals surface area (Å²) in [6.07, 6.45) is -0.328. The number of carboxylic acid groups (broad SMARTS) is 2. The molecular weight excluding hydrogens is 672 g/mol. The molecule has 51 heavy (non-hydrogen) atoms. The third-order valence-corrected chi connectivity index (χ3v) is 7.65. The smallest absolute Gasteiger partial charge is 0.326 e. The number of aliphatic hydroxyl groups excluding tert-OH is 1. The monoisotopic (exact) mass is 718 g/mol. The summed E-state index contributed by atoms with van der Waals surface area (Å²) < 4.78 is 0. The third kappa shape index (κ3) is 13.3. The van der Waals surface area contributed by atoms with Gasteiger partial charge in [-0.25, -0.2) is 4.79 Å². The number of aromatic amines is 1. The van der Waals surface area contributed by atoms with Crippen LogP contribution >= 0.6 is 0 Å². The van der Waals surface area contributed by atoms with Crippen molar-refractivity contribution in [1.29, 1.82) is 0 Å². The van der Waals surface area contributed by atoms with Gasteiger partial charge in [0.1, 0.15) is 30.2 Å². The standard InChI is InChI=1S/C32H46N8O11/c1-4-24(42)38-22(12-18-14-34-20-9-6-5-8-19(18)20)29(47)36-16(2)28(46)39-23(13-26(44)45)30(48)40-27(17(3)41)31(49)35-15-25(43)37-21(32(50)51)10-7-11-33/h5-6,8-9,14,16-17,21-23,27,34,41H,4,7,10-13,15,33H2,1-3H3,(H,35,49)(H,36,47)(H,37,43)(H,38,42)(H,39,46)(H,40,48)(H,44,45)(H,50,51). The predicted molar refractivity (Wildman–Crippen MR) is 180 cm³/mol. The number of aromatic nitrogens is 1. The molecule has 1 aromatic heterocycles. The van der Waals surface area contributed by atoms with Gasteiger partial charge in [0.25, 0.3) is 0 Å². The molecule has 0 radical (unpaired) electrons. The highest BCUT2D eigenvalue weighted by molar-refractivity contribution is 5.97. The van der Waals surface area contributed by atoms with Crippen LogP contribution in [-0.4, -0.2) is 117 Å². The highest BCUT2D eigenvalue weighted by Crippen LogP contribution is 2.19. The number of benzene rings is 1. The summed E-state index contributed by atoms with van der Waals surface area (Å²) in [6.45, 7) is 3.47. The molecule has 280 valence electrons. The second kappa shape index (κ2) is 20.2. The van der Waals surface area contributed by atoms with Gasteiger partial charge in [-0.3, -0.25) is 33.6 Å². The Morgan fingerprint density at radius 2 is 1.45 bits per heavy atom. The Balaban J connectivity index is 2.09. The molecule has 1 heterocycles. The van der Waals surface area contributed by atoms with Gasteiger partial charge in [-0.05, 0) is 44.9 Å². The van der Waals surface area contributed by atoms with Gasteiger partial charge in [-0.1, -0.05) is 25.1 Å². The molecule has 12 N–H and O–H groups in total. The van der Waals surface area contributed by atoms with Crippen LogP contribution in [0.5, 0.6) is 0 Å². The number of amides is 6. The SMILES string of the molecule is CCC(=O)NC(Cc1c[nH]c2ccccc12)C(=O)NC(C)C(=O)NC(CC(=O)O)C(=O)NC(C(=O)NCC(=O)NC(CCCN)C(=O)O)C(C)O. The molecule has 6 unspecified atom stereocenters. The zero-order valence-electron chi connectivity index (χ0n) is 28.5. The molecule has 0 saturated heterocycles. The number of carboxylic acids is 2. The number of H-pyrrole nitrogens is 1. The molecule has 0 fully saturated rings. The Hall–Kier alpha value is -5.56. The van der Waals surface area contributed by atoms with E-state index >= 15 is 0 Å². The lowest BCUT2D eigenvalue weighted by Gasteiger charge is -2.25. The first-order chi connectivity index (χ1) is 24.1. The number of hydrogen-bond acceptors (Lipinski definition) is 10. The molecule has 2 aromatic rings. The van der Waals surface area contributed by atoms with Crippen LogP contribution in [0, 0.1) is 0 Å². The molecule has 0 bridgehead atoms. The van der Waals surface area contributed by atoms with Crippen molar-refractivity contribution in [3.8, 4) is 0 Å². The molecule has 2 rings (SSSR count). The minimum absolute atomic E-state index is 0.0396. The summed E-state index contributed by atoms with van der Waals surface area (Å²) in [5, 5.41) is 43.5. The maximum atomic E-state index is 13.3. The summed E-state index contributed by atoms with van der Waals surface area (Å²) >= 11 is 0. The number of para-hydroxylation sites is 1.